The van der Waals surface area contributed by atoms with Gasteiger partial charge in [0.25, 0.3) is 0 Å². The molecule has 8 nitrogen and oxygen atoms in total. The molecule has 30 heavy (non-hydrogen) atoms. The van der Waals surface area contributed by atoms with Gasteiger partial charge in [-0.2, -0.15) is 0 Å². The zero-order chi connectivity index (χ0) is 21.8. The highest BCUT2D eigenvalue weighted by molar-refractivity contribution is 5.99. The van der Waals surface area contributed by atoms with E-state index in [-0.39, 0.29) is 17.8 Å². The van der Waals surface area contributed by atoms with Gasteiger partial charge in [0.1, 0.15) is 0 Å². The number of halogens is 1. The first-order valence-electron chi connectivity index (χ1n) is 9.78. The lowest BCUT2D eigenvalue weighted by Crippen LogP contribution is -2.58. The number of hydrogen-bond acceptors (Lipinski definition) is 4. The number of nitrogens with one attached hydrogen (secondary N) is 2. The zero-order valence-electron chi connectivity index (χ0n) is 17.2. The van der Waals surface area contributed by atoms with Crippen LogP contribution in [0.15, 0.2) is 36.5 Å². The Morgan fingerprint density at radius 1 is 1.20 bits per heavy atom. The maximum atomic E-state index is 15.0. The summed E-state index contributed by atoms with van der Waals surface area (Å²) in [5.74, 6) is -0.501. The van der Waals surface area contributed by atoms with Crippen LogP contribution in [0.4, 0.5) is 25.4 Å². The SMILES string of the molecule is Cc1cc(NC(=O)Nc2cccc(CN3CCN(C(=O)O)C(C)[C@H]3C)c2F)ccn1. The number of nitrogens with zero attached hydrogens (tertiary/aromatic N) is 3. The van der Waals surface area contributed by atoms with Crippen molar-refractivity contribution in [3.05, 3.63) is 53.6 Å². The van der Waals surface area contributed by atoms with Crippen LogP contribution in [0.25, 0.3) is 0 Å². The van der Waals surface area contributed by atoms with Gasteiger partial charge in [0, 0.05) is 54.9 Å². The summed E-state index contributed by atoms with van der Waals surface area (Å²) in [5.41, 5.74) is 1.85. The van der Waals surface area contributed by atoms with Crippen molar-refractivity contribution in [3.63, 3.8) is 0 Å². The fourth-order valence-electron chi connectivity index (χ4n) is 3.63. The summed E-state index contributed by atoms with van der Waals surface area (Å²) in [7, 11) is 0. The Labute approximate surface area is 174 Å². The first-order chi connectivity index (χ1) is 14.3. The molecule has 0 aliphatic carbocycles. The minimum absolute atomic E-state index is 0.0657. The summed E-state index contributed by atoms with van der Waals surface area (Å²) < 4.78 is 15.0. The van der Waals surface area contributed by atoms with Crippen molar-refractivity contribution in [2.45, 2.75) is 39.4 Å². The molecule has 3 rings (SSSR count). The molecule has 1 unspecified atom stereocenters. The van der Waals surface area contributed by atoms with Gasteiger partial charge in [-0.1, -0.05) is 12.1 Å². The van der Waals surface area contributed by atoms with Crippen molar-refractivity contribution in [2.75, 3.05) is 23.7 Å². The number of urea groups is 1. The zero-order valence-corrected chi connectivity index (χ0v) is 17.2. The second-order valence-corrected chi connectivity index (χ2v) is 7.47. The Balaban J connectivity index is 1.67. The smallest absolute Gasteiger partial charge is 0.407 e. The Kier molecular flexibility index (Phi) is 6.51. The van der Waals surface area contributed by atoms with Crippen LogP contribution in [0, 0.1) is 12.7 Å². The van der Waals surface area contributed by atoms with E-state index in [1.54, 1.807) is 30.5 Å². The van der Waals surface area contributed by atoms with E-state index in [0.717, 1.165) is 5.69 Å². The lowest BCUT2D eigenvalue weighted by atomic mass is 10.0. The molecule has 1 fully saturated rings. The molecule has 1 saturated heterocycles. The van der Waals surface area contributed by atoms with E-state index >= 15 is 4.39 Å². The van der Waals surface area contributed by atoms with Crippen molar-refractivity contribution in [3.8, 4) is 0 Å². The van der Waals surface area contributed by atoms with Crippen molar-refractivity contribution >= 4 is 23.5 Å². The number of aromatic nitrogens is 1. The van der Waals surface area contributed by atoms with Gasteiger partial charge in [0.05, 0.1) is 5.69 Å². The summed E-state index contributed by atoms with van der Waals surface area (Å²) in [6, 6.07) is 7.42. The molecule has 2 heterocycles. The summed E-state index contributed by atoms with van der Waals surface area (Å²) >= 11 is 0. The van der Waals surface area contributed by atoms with E-state index in [2.05, 4.69) is 15.6 Å². The average molecular weight is 415 g/mol. The molecule has 2 atom stereocenters. The number of piperazine rings is 1. The monoisotopic (exact) mass is 415 g/mol. The van der Waals surface area contributed by atoms with E-state index in [1.165, 1.54) is 11.0 Å². The lowest BCUT2D eigenvalue weighted by Gasteiger charge is -2.43. The van der Waals surface area contributed by atoms with Crippen LogP contribution >= 0.6 is 0 Å². The number of carbonyl (C=O) groups is 2. The number of pyridine rings is 1. The highest BCUT2D eigenvalue weighted by atomic mass is 19.1. The topological polar surface area (TPSA) is 97.8 Å². The maximum absolute atomic E-state index is 15.0. The van der Waals surface area contributed by atoms with E-state index in [1.807, 2.05) is 25.7 Å². The third-order valence-corrected chi connectivity index (χ3v) is 5.49. The highest BCUT2D eigenvalue weighted by Crippen LogP contribution is 2.24. The van der Waals surface area contributed by atoms with Gasteiger partial charge in [0.15, 0.2) is 5.82 Å². The number of anilines is 2. The van der Waals surface area contributed by atoms with Crippen LogP contribution in [-0.4, -0.2) is 57.2 Å². The molecule has 2 aromatic rings. The molecule has 0 saturated carbocycles. The van der Waals surface area contributed by atoms with Gasteiger partial charge in [-0.3, -0.25) is 9.88 Å². The van der Waals surface area contributed by atoms with Crippen LogP contribution in [-0.2, 0) is 6.54 Å². The van der Waals surface area contributed by atoms with Gasteiger partial charge >= 0.3 is 12.1 Å². The molecular weight excluding hydrogens is 389 g/mol. The van der Waals surface area contributed by atoms with Gasteiger partial charge in [0.2, 0.25) is 0 Å². The van der Waals surface area contributed by atoms with Crippen molar-refractivity contribution in [1.82, 2.24) is 14.8 Å². The van der Waals surface area contributed by atoms with E-state index in [4.69, 9.17) is 0 Å². The molecule has 1 aliphatic rings. The van der Waals surface area contributed by atoms with Crippen LogP contribution in [0.5, 0.6) is 0 Å². The third-order valence-electron chi connectivity index (χ3n) is 5.49. The van der Waals surface area contributed by atoms with Gasteiger partial charge in [-0.05, 0) is 39.0 Å². The van der Waals surface area contributed by atoms with Crippen molar-refractivity contribution in [1.29, 1.82) is 0 Å². The second kappa shape index (κ2) is 9.08. The highest BCUT2D eigenvalue weighted by Gasteiger charge is 2.33. The molecule has 0 radical (unpaired) electrons. The summed E-state index contributed by atoms with van der Waals surface area (Å²) in [6.45, 7) is 6.80. The molecule has 160 valence electrons. The first kappa shape index (κ1) is 21.5. The molecule has 3 N–H and O–H groups in total. The molecule has 9 heteroatoms. The first-order valence-corrected chi connectivity index (χ1v) is 9.78. The van der Waals surface area contributed by atoms with Gasteiger partial charge in [-0.15, -0.1) is 0 Å². The number of amides is 3. The summed E-state index contributed by atoms with van der Waals surface area (Å²) in [6.07, 6.45) is 0.639. The van der Waals surface area contributed by atoms with E-state index < -0.39 is 17.9 Å². The predicted octanol–water partition coefficient (Wildman–Crippen LogP) is 3.75. The number of aryl methyl sites for hydroxylation is 1. The fraction of sp³-hybridized carbons (Fsp3) is 0.381. The Morgan fingerprint density at radius 3 is 2.67 bits per heavy atom. The molecule has 3 amide bonds. The van der Waals surface area contributed by atoms with Crippen LogP contribution in [0.3, 0.4) is 0 Å². The third kappa shape index (κ3) is 4.85. The van der Waals surface area contributed by atoms with Crippen molar-refractivity contribution < 1.29 is 19.1 Å². The summed E-state index contributed by atoms with van der Waals surface area (Å²) in [4.78, 5) is 31.1. The number of carbonyl (C=O) groups excluding carboxylic acids is 1. The number of rotatable bonds is 4. The second-order valence-electron chi connectivity index (χ2n) is 7.47. The van der Waals surface area contributed by atoms with E-state index in [9.17, 15) is 14.7 Å². The number of benzene rings is 1. The predicted molar refractivity (Wildman–Crippen MR) is 112 cm³/mol. The average Bonchev–Trinajstić information content (AvgIpc) is 2.68. The Morgan fingerprint density at radius 2 is 1.97 bits per heavy atom. The van der Waals surface area contributed by atoms with Crippen molar-refractivity contribution in [2.24, 2.45) is 0 Å². The van der Waals surface area contributed by atoms with Crippen LogP contribution in [0.2, 0.25) is 0 Å². The Bertz CT molecular complexity index is 939. The normalized spacial score (nSPS) is 19.4. The Hall–Kier alpha value is -3.20. The molecule has 1 aromatic carbocycles. The van der Waals surface area contributed by atoms with Gasteiger partial charge in [-0.25, -0.2) is 14.0 Å². The molecule has 1 aliphatic heterocycles. The lowest BCUT2D eigenvalue weighted by molar-refractivity contribution is 0.0335. The number of carboxylic acid groups (broad SMARTS) is 1. The molecule has 1 aromatic heterocycles. The quantitative estimate of drug-likeness (QED) is 0.707. The van der Waals surface area contributed by atoms with Crippen LogP contribution < -0.4 is 10.6 Å². The maximum Gasteiger partial charge on any atom is 0.407 e. The minimum Gasteiger partial charge on any atom is -0.465 e. The van der Waals surface area contributed by atoms with Crippen LogP contribution in [0.1, 0.15) is 25.1 Å². The summed E-state index contributed by atoms with van der Waals surface area (Å²) in [5, 5.41) is 14.5. The van der Waals surface area contributed by atoms with E-state index in [0.29, 0.717) is 30.9 Å². The number of hydrogen-bond donors (Lipinski definition) is 3. The minimum atomic E-state index is -0.943. The standard InChI is InChI=1S/C21H26FN5O3/c1-13-11-17(7-8-23-13)24-20(28)25-18-6-4-5-16(19(18)22)12-26-9-10-27(21(29)30)15(3)14(26)2/h4-8,11,14-15H,9-10,12H2,1-3H3,(H,29,30)(H2,23,24,25,28)/t14-,15?/m1/s1. The molecule has 0 bridgehead atoms. The molecular formula is C21H26FN5O3. The molecule has 0 spiro atoms. The van der Waals surface area contributed by atoms with Gasteiger partial charge < -0.3 is 20.6 Å². The fourth-order valence-corrected chi connectivity index (χ4v) is 3.63. The largest absolute Gasteiger partial charge is 0.465 e.